The number of nitrogens with zero attached hydrogens (tertiary/aromatic N) is 2. The lowest BCUT2D eigenvalue weighted by Crippen LogP contribution is -2.34. The van der Waals surface area contributed by atoms with E-state index in [0.717, 1.165) is 17.4 Å². The Morgan fingerprint density at radius 1 is 1.16 bits per heavy atom. The van der Waals surface area contributed by atoms with Crippen molar-refractivity contribution in [1.29, 1.82) is 0 Å². The van der Waals surface area contributed by atoms with Crippen LogP contribution in [0.2, 0.25) is 0 Å². The number of benzene rings is 1. The summed E-state index contributed by atoms with van der Waals surface area (Å²) in [7, 11) is -3.26. The maximum atomic E-state index is 12.2. The summed E-state index contributed by atoms with van der Waals surface area (Å²) < 4.78 is 24.3. The minimum Gasteiger partial charge on any atom is -0.351 e. The highest BCUT2D eigenvalue weighted by Gasteiger charge is 2.09. The molecule has 7 nitrogen and oxygen atoms in total. The molecule has 0 aliphatic heterocycles. The van der Waals surface area contributed by atoms with Gasteiger partial charge in [-0.1, -0.05) is 26.0 Å². The first-order valence-electron chi connectivity index (χ1n) is 7.91. The predicted octanol–water partition coefficient (Wildman–Crippen LogP) is 1.55. The lowest BCUT2D eigenvalue weighted by Gasteiger charge is -2.08. The molecule has 2 rings (SSSR count). The molecule has 2 N–H and O–H groups in total. The second kappa shape index (κ2) is 8.17. The molecule has 1 amide bonds. The zero-order valence-electron chi connectivity index (χ0n) is 14.5. The van der Waals surface area contributed by atoms with E-state index in [1.807, 2.05) is 6.07 Å². The molecule has 0 bridgehead atoms. The molecule has 0 aliphatic carbocycles. The lowest BCUT2D eigenvalue weighted by atomic mass is 10.1. The van der Waals surface area contributed by atoms with E-state index in [4.69, 9.17) is 0 Å². The number of aromatic nitrogens is 2. The Morgan fingerprint density at radius 3 is 2.44 bits per heavy atom. The molecule has 1 aromatic heterocycles. The molecular weight excluding hydrogens is 340 g/mol. The standard InChI is InChI=1S/C17H22N4O3S/c1-12(2)15-10-19-16(20-11-15)13-5-4-6-14(9-13)17(22)18-7-8-21-25(3,23)24/h4-6,9-12,21H,7-8H2,1-3H3,(H,18,22). The monoisotopic (exact) mass is 362 g/mol. The summed E-state index contributed by atoms with van der Waals surface area (Å²) in [4.78, 5) is 20.9. The van der Waals surface area contributed by atoms with Gasteiger partial charge in [0.25, 0.3) is 5.91 Å². The third-order valence-corrected chi connectivity index (χ3v) is 4.22. The van der Waals surface area contributed by atoms with E-state index in [9.17, 15) is 13.2 Å². The van der Waals surface area contributed by atoms with Crippen LogP contribution in [-0.2, 0) is 10.0 Å². The van der Waals surface area contributed by atoms with E-state index < -0.39 is 10.0 Å². The van der Waals surface area contributed by atoms with Gasteiger partial charge in [0.1, 0.15) is 0 Å². The Labute approximate surface area is 148 Å². The third-order valence-electron chi connectivity index (χ3n) is 3.50. The maximum absolute atomic E-state index is 12.2. The molecule has 0 unspecified atom stereocenters. The molecular formula is C17H22N4O3S. The van der Waals surface area contributed by atoms with Crippen LogP contribution in [0, 0.1) is 0 Å². The average Bonchev–Trinajstić information content (AvgIpc) is 2.58. The molecule has 0 aliphatic rings. The Balaban J connectivity index is 2.04. The molecule has 0 saturated carbocycles. The fourth-order valence-electron chi connectivity index (χ4n) is 2.10. The van der Waals surface area contributed by atoms with Crippen LogP contribution in [0.1, 0.15) is 35.7 Å². The van der Waals surface area contributed by atoms with Gasteiger partial charge in [0, 0.05) is 36.6 Å². The fraction of sp³-hybridized carbons (Fsp3) is 0.353. The zero-order valence-corrected chi connectivity index (χ0v) is 15.3. The minimum atomic E-state index is -3.26. The molecule has 25 heavy (non-hydrogen) atoms. The van der Waals surface area contributed by atoms with Gasteiger partial charge in [-0.2, -0.15) is 0 Å². The minimum absolute atomic E-state index is 0.143. The number of hydrogen-bond acceptors (Lipinski definition) is 5. The highest BCUT2D eigenvalue weighted by Crippen LogP contribution is 2.18. The molecule has 0 atom stereocenters. The summed E-state index contributed by atoms with van der Waals surface area (Å²) in [6.45, 7) is 4.49. The molecule has 0 spiro atoms. The average molecular weight is 362 g/mol. The van der Waals surface area contributed by atoms with Crippen LogP contribution in [0.15, 0.2) is 36.7 Å². The number of amides is 1. The van der Waals surface area contributed by atoms with Crippen LogP contribution in [0.4, 0.5) is 0 Å². The fourth-order valence-corrected chi connectivity index (χ4v) is 2.57. The predicted molar refractivity (Wildman–Crippen MR) is 96.7 cm³/mol. The lowest BCUT2D eigenvalue weighted by molar-refractivity contribution is 0.0954. The van der Waals surface area contributed by atoms with E-state index >= 15 is 0 Å². The molecule has 2 aromatic rings. The highest BCUT2D eigenvalue weighted by atomic mass is 32.2. The van der Waals surface area contributed by atoms with Crippen molar-refractivity contribution in [2.75, 3.05) is 19.3 Å². The zero-order chi connectivity index (χ0) is 18.4. The number of rotatable bonds is 7. The van der Waals surface area contributed by atoms with Gasteiger partial charge in [0.2, 0.25) is 10.0 Å². The quantitative estimate of drug-likeness (QED) is 0.728. The largest absolute Gasteiger partial charge is 0.351 e. The second-order valence-electron chi connectivity index (χ2n) is 6.00. The van der Waals surface area contributed by atoms with Gasteiger partial charge in [-0.3, -0.25) is 4.79 Å². The summed E-state index contributed by atoms with van der Waals surface area (Å²) in [6, 6.07) is 7.00. The van der Waals surface area contributed by atoms with Crippen LogP contribution in [0.5, 0.6) is 0 Å². The van der Waals surface area contributed by atoms with E-state index in [2.05, 4.69) is 33.9 Å². The van der Waals surface area contributed by atoms with Crippen molar-refractivity contribution in [3.05, 3.63) is 47.8 Å². The first-order chi connectivity index (χ1) is 11.8. The summed E-state index contributed by atoms with van der Waals surface area (Å²) in [5, 5.41) is 2.67. The molecule has 134 valence electrons. The summed E-state index contributed by atoms with van der Waals surface area (Å²) in [6.07, 6.45) is 4.65. The topological polar surface area (TPSA) is 101 Å². The van der Waals surface area contributed by atoms with Crippen molar-refractivity contribution >= 4 is 15.9 Å². The number of nitrogens with one attached hydrogen (secondary N) is 2. The summed E-state index contributed by atoms with van der Waals surface area (Å²) >= 11 is 0. The first kappa shape index (κ1) is 19.0. The van der Waals surface area contributed by atoms with Gasteiger partial charge in [-0.15, -0.1) is 0 Å². The van der Waals surface area contributed by atoms with Crippen molar-refractivity contribution in [2.45, 2.75) is 19.8 Å². The number of carbonyl (C=O) groups is 1. The maximum Gasteiger partial charge on any atom is 0.251 e. The third kappa shape index (κ3) is 5.91. The second-order valence-corrected chi connectivity index (χ2v) is 7.83. The Kier molecular flexibility index (Phi) is 6.22. The molecule has 0 radical (unpaired) electrons. The van der Waals surface area contributed by atoms with Gasteiger partial charge in [0.15, 0.2) is 5.82 Å². The Morgan fingerprint density at radius 2 is 1.84 bits per heavy atom. The normalized spacial score (nSPS) is 11.5. The van der Waals surface area contributed by atoms with Crippen molar-refractivity contribution in [3.63, 3.8) is 0 Å². The van der Waals surface area contributed by atoms with Gasteiger partial charge in [-0.05, 0) is 23.6 Å². The van der Waals surface area contributed by atoms with E-state index in [1.165, 1.54) is 0 Å². The van der Waals surface area contributed by atoms with Crippen molar-refractivity contribution in [3.8, 4) is 11.4 Å². The highest BCUT2D eigenvalue weighted by molar-refractivity contribution is 7.88. The van der Waals surface area contributed by atoms with E-state index in [1.54, 1.807) is 30.6 Å². The van der Waals surface area contributed by atoms with Gasteiger partial charge in [-0.25, -0.2) is 23.1 Å². The van der Waals surface area contributed by atoms with Crippen LogP contribution in [0.25, 0.3) is 11.4 Å². The van der Waals surface area contributed by atoms with Gasteiger partial charge < -0.3 is 5.32 Å². The van der Waals surface area contributed by atoms with E-state index in [-0.39, 0.29) is 19.0 Å². The molecule has 1 heterocycles. The molecule has 8 heteroatoms. The van der Waals surface area contributed by atoms with Crippen LogP contribution in [-0.4, -0.2) is 43.6 Å². The van der Waals surface area contributed by atoms with Gasteiger partial charge >= 0.3 is 0 Å². The van der Waals surface area contributed by atoms with Crippen molar-refractivity contribution in [2.24, 2.45) is 0 Å². The van der Waals surface area contributed by atoms with Crippen molar-refractivity contribution in [1.82, 2.24) is 20.0 Å². The number of hydrogen-bond donors (Lipinski definition) is 2. The number of carbonyl (C=O) groups excluding carboxylic acids is 1. The summed E-state index contributed by atoms with van der Waals surface area (Å²) in [5.74, 6) is 0.625. The van der Waals surface area contributed by atoms with Crippen molar-refractivity contribution < 1.29 is 13.2 Å². The van der Waals surface area contributed by atoms with Crippen LogP contribution < -0.4 is 10.0 Å². The van der Waals surface area contributed by atoms with E-state index in [0.29, 0.717) is 17.3 Å². The molecule has 0 fully saturated rings. The van der Waals surface area contributed by atoms with Crippen LogP contribution in [0.3, 0.4) is 0 Å². The summed E-state index contributed by atoms with van der Waals surface area (Å²) in [5.41, 5.74) is 2.27. The van der Waals surface area contributed by atoms with Crippen LogP contribution >= 0.6 is 0 Å². The Hall–Kier alpha value is -2.32. The Bertz CT molecular complexity index is 833. The molecule has 0 saturated heterocycles. The molecule has 1 aromatic carbocycles. The first-order valence-corrected chi connectivity index (χ1v) is 9.80. The van der Waals surface area contributed by atoms with Gasteiger partial charge in [0.05, 0.1) is 6.26 Å². The smallest absolute Gasteiger partial charge is 0.251 e. The number of sulfonamides is 1. The SMILES string of the molecule is CC(C)c1cnc(-c2cccc(C(=O)NCCNS(C)(=O)=O)c2)nc1.